The second-order valence-electron chi connectivity index (χ2n) is 5.24. The molecule has 1 aliphatic rings. The average Bonchev–Trinajstić information content (AvgIpc) is 2.17. The SMILES string of the molecule is CC1CCN(S(=O)(=O)NC(C)C(C)C)CC1. The van der Waals surface area contributed by atoms with Gasteiger partial charge in [0.1, 0.15) is 0 Å². The molecular weight excluding hydrogens is 224 g/mol. The van der Waals surface area contributed by atoms with E-state index in [1.807, 2.05) is 20.8 Å². The maximum atomic E-state index is 12.0. The van der Waals surface area contributed by atoms with E-state index in [4.69, 9.17) is 0 Å². The molecule has 0 amide bonds. The number of rotatable bonds is 4. The largest absolute Gasteiger partial charge is 0.279 e. The smallest absolute Gasteiger partial charge is 0.199 e. The van der Waals surface area contributed by atoms with Crippen LogP contribution < -0.4 is 4.72 Å². The van der Waals surface area contributed by atoms with Gasteiger partial charge in [-0.05, 0) is 31.6 Å². The highest BCUT2D eigenvalue weighted by atomic mass is 32.2. The van der Waals surface area contributed by atoms with Crippen LogP contribution in [0, 0.1) is 11.8 Å². The highest BCUT2D eigenvalue weighted by Gasteiger charge is 2.27. The van der Waals surface area contributed by atoms with Gasteiger partial charge >= 0.3 is 0 Å². The van der Waals surface area contributed by atoms with Crippen molar-refractivity contribution in [2.45, 2.75) is 46.6 Å². The molecule has 1 N–H and O–H groups in total. The van der Waals surface area contributed by atoms with Gasteiger partial charge in [0, 0.05) is 19.1 Å². The van der Waals surface area contributed by atoms with Crippen LogP contribution >= 0.6 is 0 Å². The Balaban J connectivity index is 2.57. The molecule has 96 valence electrons. The van der Waals surface area contributed by atoms with E-state index < -0.39 is 10.2 Å². The minimum absolute atomic E-state index is 0.00986. The van der Waals surface area contributed by atoms with Crippen LogP contribution in [0.3, 0.4) is 0 Å². The molecular formula is C11H24N2O2S. The summed E-state index contributed by atoms with van der Waals surface area (Å²) in [4.78, 5) is 0. The van der Waals surface area contributed by atoms with Gasteiger partial charge in [-0.2, -0.15) is 17.4 Å². The van der Waals surface area contributed by atoms with Crippen LogP contribution in [-0.4, -0.2) is 31.9 Å². The summed E-state index contributed by atoms with van der Waals surface area (Å²) in [6, 6.07) is -0.00986. The molecule has 1 rings (SSSR count). The molecule has 0 saturated carbocycles. The van der Waals surface area contributed by atoms with Crippen molar-refractivity contribution in [2.75, 3.05) is 13.1 Å². The Labute approximate surface area is 99.6 Å². The monoisotopic (exact) mass is 248 g/mol. The highest BCUT2D eigenvalue weighted by Crippen LogP contribution is 2.18. The zero-order valence-electron chi connectivity index (χ0n) is 10.7. The molecule has 0 radical (unpaired) electrons. The predicted octanol–water partition coefficient (Wildman–Crippen LogP) is 1.60. The van der Waals surface area contributed by atoms with Crippen molar-refractivity contribution in [2.24, 2.45) is 11.8 Å². The number of nitrogens with zero attached hydrogens (tertiary/aromatic N) is 1. The van der Waals surface area contributed by atoms with Crippen LogP contribution in [-0.2, 0) is 10.2 Å². The maximum absolute atomic E-state index is 12.0. The Hall–Kier alpha value is -0.130. The standard InChI is InChI=1S/C11H24N2O2S/c1-9(2)11(4)12-16(14,15)13-7-5-10(3)6-8-13/h9-12H,5-8H2,1-4H3. The van der Waals surface area contributed by atoms with Crippen LogP contribution in [0.2, 0.25) is 0 Å². The molecule has 0 aromatic heterocycles. The van der Waals surface area contributed by atoms with E-state index in [-0.39, 0.29) is 6.04 Å². The van der Waals surface area contributed by atoms with Gasteiger partial charge in [0.15, 0.2) is 0 Å². The molecule has 16 heavy (non-hydrogen) atoms. The van der Waals surface area contributed by atoms with E-state index in [1.54, 1.807) is 4.31 Å². The van der Waals surface area contributed by atoms with E-state index in [0.717, 1.165) is 12.8 Å². The molecule has 1 unspecified atom stereocenters. The third kappa shape index (κ3) is 3.71. The second-order valence-corrected chi connectivity index (χ2v) is 6.94. The van der Waals surface area contributed by atoms with Gasteiger partial charge in [-0.3, -0.25) is 0 Å². The van der Waals surface area contributed by atoms with Crippen molar-refractivity contribution < 1.29 is 8.42 Å². The fraction of sp³-hybridized carbons (Fsp3) is 1.00. The minimum atomic E-state index is -3.27. The van der Waals surface area contributed by atoms with Crippen LogP contribution in [0.4, 0.5) is 0 Å². The predicted molar refractivity (Wildman–Crippen MR) is 66.3 cm³/mol. The Bertz CT molecular complexity index is 306. The quantitative estimate of drug-likeness (QED) is 0.821. The third-order valence-corrected chi connectivity index (χ3v) is 5.13. The van der Waals surface area contributed by atoms with E-state index in [0.29, 0.717) is 24.9 Å². The first-order valence-corrected chi connectivity index (χ1v) is 7.54. The van der Waals surface area contributed by atoms with E-state index in [1.165, 1.54) is 0 Å². The van der Waals surface area contributed by atoms with Gasteiger partial charge in [-0.25, -0.2) is 0 Å². The maximum Gasteiger partial charge on any atom is 0.279 e. The summed E-state index contributed by atoms with van der Waals surface area (Å²) in [5.74, 6) is 0.965. The lowest BCUT2D eigenvalue weighted by Gasteiger charge is -2.31. The fourth-order valence-electron chi connectivity index (χ4n) is 1.67. The van der Waals surface area contributed by atoms with Crippen molar-refractivity contribution in [3.63, 3.8) is 0 Å². The number of hydrogen-bond acceptors (Lipinski definition) is 2. The van der Waals surface area contributed by atoms with Crippen molar-refractivity contribution in [1.82, 2.24) is 9.03 Å². The first-order valence-electron chi connectivity index (χ1n) is 6.10. The molecule has 0 aliphatic carbocycles. The number of piperidine rings is 1. The van der Waals surface area contributed by atoms with E-state index in [9.17, 15) is 8.42 Å². The van der Waals surface area contributed by atoms with Crippen LogP contribution in [0.5, 0.6) is 0 Å². The van der Waals surface area contributed by atoms with E-state index in [2.05, 4.69) is 11.6 Å². The van der Waals surface area contributed by atoms with Gasteiger partial charge in [0.2, 0.25) is 0 Å². The molecule has 0 spiro atoms. The molecule has 5 heteroatoms. The van der Waals surface area contributed by atoms with Crippen molar-refractivity contribution in [1.29, 1.82) is 0 Å². The summed E-state index contributed by atoms with van der Waals surface area (Å²) in [6.07, 6.45) is 1.94. The number of nitrogens with one attached hydrogen (secondary N) is 1. The van der Waals surface area contributed by atoms with Gasteiger partial charge in [0.25, 0.3) is 10.2 Å². The zero-order chi connectivity index (χ0) is 12.3. The van der Waals surface area contributed by atoms with Crippen LogP contribution in [0.25, 0.3) is 0 Å². The van der Waals surface area contributed by atoms with Gasteiger partial charge in [-0.1, -0.05) is 20.8 Å². The summed E-state index contributed by atoms with van der Waals surface area (Å²) in [7, 11) is -3.27. The third-order valence-electron chi connectivity index (χ3n) is 3.42. The zero-order valence-corrected chi connectivity index (χ0v) is 11.5. The van der Waals surface area contributed by atoms with Crippen LogP contribution in [0.1, 0.15) is 40.5 Å². The molecule has 0 aromatic rings. The van der Waals surface area contributed by atoms with Crippen LogP contribution in [0.15, 0.2) is 0 Å². The van der Waals surface area contributed by atoms with Crippen molar-refractivity contribution in [3.05, 3.63) is 0 Å². The highest BCUT2D eigenvalue weighted by molar-refractivity contribution is 7.87. The molecule has 0 aromatic carbocycles. The molecule has 1 atom stereocenters. The first kappa shape index (κ1) is 13.9. The summed E-state index contributed by atoms with van der Waals surface area (Å²) in [5, 5.41) is 0. The van der Waals surface area contributed by atoms with Crippen molar-refractivity contribution in [3.8, 4) is 0 Å². The fourth-order valence-corrected chi connectivity index (χ4v) is 3.25. The average molecular weight is 248 g/mol. The lowest BCUT2D eigenvalue weighted by molar-refractivity contribution is 0.282. The molecule has 4 nitrogen and oxygen atoms in total. The Kier molecular flexibility index (Phi) is 4.76. The molecule has 1 fully saturated rings. The Morgan fingerprint density at radius 1 is 1.19 bits per heavy atom. The summed E-state index contributed by atoms with van der Waals surface area (Å²) in [6.45, 7) is 9.43. The molecule has 1 heterocycles. The molecule has 1 aliphatic heterocycles. The normalized spacial score (nSPS) is 22.6. The van der Waals surface area contributed by atoms with Gasteiger partial charge in [-0.15, -0.1) is 0 Å². The Morgan fingerprint density at radius 2 is 1.69 bits per heavy atom. The molecule has 0 bridgehead atoms. The van der Waals surface area contributed by atoms with Crippen molar-refractivity contribution >= 4 is 10.2 Å². The first-order chi connectivity index (χ1) is 7.33. The minimum Gasteiger partial charge on any atom is -0.199 e. The van der Waals surface area contributed by atoms with E-state index >= 15 is 0 Å². The summed E-state index contributed by atoms with van der Waals surface area (Å²) >= 11 is 0. The molecule has 1 saturated heterocycles. The topological polar surface area (TPSA) is 49.4 Å². The summed E-state index contributed by atoms with van der Waals surface area (Å²) < 4.78 is 28.4. The number of hydrogen-bond donors (Lipinski definition) is 1. The van der Waals surface area contributed by atoms with Gasteiger partial charge < -0.3 is 0 Å². The Morgan fingerprint density at radius 3 is 2.12 bits per heavy atom. The summed E-state index contributed by atoms with van der Waals surface area (Å²) in [5.41, 5.74) is 0. The second kappa shape index (κ2) is 5.47. The lowest BCUT2D eigenvalue weighted by Crippen LogP contribution is -2.48. The van der Waals surface area contributed by atoms with Gasteiger partial charge in [0.05, 0.1) is 0 Å². The lowest BCUT2D eigenvalue weighted by atomic mass is 10.0.